The lowest BCUT2D eigenvalue weighted by molar-refractivity contribution is 0.122. The summed E-state index contributed by atoms with van der Waals surface area (Å²) in [5, 5.41) is 0. The van der Waals surface area contributed by atoms with Gasteiger partial charge in [-0.05, 0) is 30.7 Å². The van der Waals surface area contributed by atoms with Crippen LogP contribution in [-0.4, -0.2) is 81.8 Å². The van der Waals surface area contributed by atoms with Crippen molar-refractivity contribution in [3.8, 4) is 5.75 Å². The highest BCUT2D eigenvalue weighted by molar-refractivity contribution is 7.89. The van der Waals surface area contributed by atoms with Crippen LogP contribution in [0.4, 0.5) is 11.8 Å². The molecule has 2 aromatic rings. The Labute approximate surface area is 182 Å². The first-order valence-electron chi connectivity index (χ1n) is 10.7. The predicted octanol–water partition coefficient (Wildman–Crippen LogP) is 1.07. The monoisotopic (exact) mass is 445 g/mol. The molecule has 0 amide bonds. The molecule has 2 saturated heterocycles. The van der Waals surface area contributed by atoms with Crippen LogP contribution in [0.3, 0.4) is 0 Å². The fourth-order valence-electron chi connectivity index (χ4n) is 4.23. The Morgan fingerprint density at radius 2 is 1.68 bits per heavy atom. The minimum atomic E-state index is -3.53. The van der Waals surface area contributed by atoms with Crippen LogP contribution in [0.1, 0.15) is 11.3 Å². The molecule has 4 heterocycles. The molecule has 3 aliphatic heterocycles. The highest BCUT2D eigenvalue weighted by Gasteiger charge is 2.30. The van der Waals surface area contributed by atoms with Crippen LogP contribution in [0.15, 0.2) is 29.2 Å². The summed E-state index contributed by atoms with van der Waals surface area (Å²) in [5.41, 5.74) is 1.87. The van der Waals surface area contributed by atoms with Crippen LogP contribution >= 0.6 is 0 Å². The predicted molar refractivity (Wildman–Crippen MR) is 116 cm³/mol. The first-order chi connectivity index (χ1) is 15.0. The van der Waals surface area contributed by atoms with E-state index < -0.39 is 10.0 Å². The second-order valence-electron chi connectivity index (χ2n) is 8.03. The summed E-state index contributed by atoms with van der Waals surface area (Å²) in [6, 6.07) is 7.15. The van der Waals surface area contributed by atoms with Gasteiger partial charge in [0, 0.05) is 57.4 Å². The van der Waals surface area contributed by atoms with Gasteiger partial charge in [0.1, 0.15) is 11.6 Å². The molecule has 31 heavy (non-hydrogen) atoms. The van der Waals surface area contributed by atoms with E-state index in [0.29, 0.717) is 56.8 Å². The van der Waals surface area contributed by atoms with E-state index in [-0.39, 0.29) is 0 Å². The Kier molecular flexibility index (Phi) is 5.45. The normalized spacial score (nSPS) is 19.9. The van der Waals surface area contributed by atoms with E-state index in [1.165, 1.54) is 0 Å². The van der Waals surface area contributed by atoms with Crippen molar-refractivity contribution >= 4 is 21.8 Å². The standard InChI is InChI=1S/C21H27N5O4S/c1-16-14-20(24-9-12-29-13-10-24)23-21(22-16)25-5-7-26(8-6-25)31(27,28)18-2-3-19-17(15-18)4-11-30-19/h2-3,14-15H,4-13H2,1H3. The van der Waals surface area contributed by atoms with Crippen LogP contribution in [-0.2, 0) is 21.2 Å². The van der Waals surface area contributed by atoms with Crippen LogP contribution in [0.2, 0.25) is 0 Å². The Balaban J connectivity index is 1.29. The maximum absolute atomic E-state index is 13.2. The molecule has 1 aromatic heterocycles. The van der Waals surface area contributed by atoms with Crippen LogP contribution in [0.5, 0.6) is 5.75 Å². The maximum Gasteiger partial charge on any atom is 0.243 e. The molecule has 10 heteroatoms. The molecule has 0 bridgehead atoms. The van der Waals surface area contributed by atoms with E-state index in [0.717, 1.165) is 42.3 Å². The number of benzene rings is 1. The van der Waals surface area contributed by atoms with Crippen LogP contribution < -0.4 is 14.5 Å². The third-order valence-corrected chi connectivity index (χ3v) is 7.88. The summed E-state index contributed by atoms with van der Waals surface area (Å²) in [6.45, 7) is 7.52. The second-order valence-corrected chi connectivity index (χ2v) is 9.96. The van der Waals surface area contributed by atoms with Gasteiger partial charge in [-0.1, -0.05) is 0 Å². The van der Waals surface area contributed by atoms with Gasteiger partial charge in [-0.2, -0.15) is 9.29 Å². The number of hydrogen-bond donors (Lipinski definition) is 0. The summed E-state index contributed by atoms with van der Waals surface area (Å²) in [6.07, 6.45) is 0.753. The summed E-state index contributed by atoms with van der Waals surface area (Å²) >= 11 is 0. The van der Waals surface area contributed by atoms with E-state index >= 15 is 0 Å². The van der Waals surface area contributed by atoms with Crippen molar-refractivity contribution in [3.63, 3.8) is 0 Å². The number of fused-ring (bicyclic) bond motifs is 1. The fraction of sp³-hybridized carbons (Fsp3) is 0.524. The zero-order valence-corrected chi connectivity index (χ0v) is 18.5. The highest BCUT2D eigenvalue weighted by atomic mass is 32.2. The molecular weight excluding hydrogens is 418 g/mol. The molecule has 166 valence electrons. The van der Waals surface area contributed by atoms with Crippen molar-refractivity contribution in [1.29, 1.82) is 0 Å². The van der Waals surface area contributed by atoms with Gasteiger partial charge in [0.2, 0.25) is 16.0 Å². The van der Waals surface area contributed by atoms with Crippen molar-refractivity contribution in [2.75, 3.05) is 68.9 Å². The molecule has 0 N–H and O–H groups in total. The van der Waals surface area contributed by atoms with E-state index in [2.05, 4.69) is 14.8 Å². The van der Waals surface area contributed by atoms with Gasteiger partial charge in [-0.3, -0.25) is 0 Å². The zero-order valence-electron chi connectivity index (χ0n) is 17.7. The van der Waals surface area contributed by atoms with E-state index in [1.54, 1.807) is 22.5 Å². The number of piperazine rings is 1. The fourth-order valence-corrected chi connectivity index (χ4v) is 5.71. The van der Waals surface area contributed by atoms with Crippen molar-refractivity contribution < 1.29 is 17.9 Å². The van der Waals surface area contributed by atoms with Crippen LogP contribution in [0.25, 0.3) is 0 Å². The molecule has 0 radical (unpaired) electrons. The lowest BCUT2D eigenvalue weighted by atomic mass is 10.2. The van der Waals surface area contributed by atoms with Gasteiger partial charge in [-0.25, -0.2) is 13.4 Å². The second kappa shape index (κ2) is 8.25. The van der Waals surface area contributed by atoms with Crippen molar-refractivity contribution in [3.05, 3.63) is 35.5 Å². The molecule has 0 spiro atoms. The molecular formula is C21H27N5O4S. The first-order valence-corrected chi connectivity index (χ1v) is 12.1. The summed E-state index contributed by atoms with van der Waals surface area (Å²) in [7, 11) is -3.53. The topological polar surface area (TPSA) is 88.1 Å². The van der Waals surface area contributed by atoms with Gasteiger partial charge >= 0.3 is 0 Å². The Hall–Kier alpha value is -2.43. The zero-order chi connectivity index (χ0) is 21.4. The lowest BCUT2D eigenvalue weighted by Crippen LogP contribution is -2.49. The molecule has 0 atom stereocenters. The van der Waals surface area contributed by atoms with E-state index in [1.807, 2.05) is 13.0 Å². The number of aryl methyl sites for hydroxylation is 1. The van der Waals surface area contributed by atoms with Gasteiger partial charge in [0.15, 0.2) is 0 Å². The number of sulfonamides is 1. The number of anilines is 2. The number of nitrogens with zero attached hydrogens (tertiary/aromatic N) is 5. The number of ether oxygens (including phenoxy) is 2. The summed E-state index contributed by atoms with van der Waals surface area (Å²) in [4.78, 5) is 14.0. The number of rotatable bonds is 4. The smallest absolute Gasteiger partial charge is 0.243 e. The van der Waals surface area contributed by atoms with Gasteiger partial charge in [0.05, 0.1) is 24.7 Å². The van der Waals surface area contributed by atoms with Gasteiger partial charge < -0.3 is 19.3 Å². The lowest BCUT2D eigenvalue weighted by Gasteiger charge is -2.35. The summed E-state index contributed by atoms with van der Waals surface area (Å²) < 4.78 is 38.8. The van der Waals surface area contributed by atoms with E-state index in [4.69, 9.17) is 14.5 Å². The first kappa shape index (κ1) is 20.5. The third-order valence-electron chi connectivity index (χ3n) is 5.98. The minimum absolute atomic E-state index is 0.339. The van der Waals surface area contributed by atoms with Crippen molar-refractivity contribution in [1.82, 2.24) is 14.3 Å². The van der Waals surface area contributed by atoms with E-state index in [9.17, 15) is 8.42 Å². The van der Waals surface area contributed by atoms with Gasteiger partial charge in [-0.15, -0.1) is 0 Å². The molecule has 0 saturated carbocycles. The highest BCUT2D eigenvalue weighted by Crippen LogP contribution is 2.29. The van der Waals surface area contributed by atoms with Gasteiger partial charge in [0.25, 0.3) is 0 Å². The average molecular weight is 446 g/mol. The molecule has 0 aliphatic carbocycles. The molecule has 2 fully saturated rings. The van der Waals surface area contributed by atoms with Crippen LogP contribution in [0, 0.1) is 6.92 Å². The maximum atomic E-state index is 13.2. The third kappa shape index (κ3) is 4.07. The molecule has 3 aliphatic rings. The molecule has 5 rings (SSSR count). The number of hydrogen-bond acceptors (Lipinski definition) is 8. The summed E-state index contributed by atoms with van der Waals surface area (Å²) in [5.74, 6) is 2.35. The largest absolute Gasteiger partial charge is 0.493 e. The average Bonchev–Trinajstić information content (AvgIpc) is 3.27. The Morgan fingerprint density at radius 3 is 2.45 bits per heavy atom. The number of morpholine rings is 1. The van der Waals surface area contributed by atoms with Crippen molar-refractivity contribution in [2.45, 2.75) is 18.2 Å². The number of aromatic nitrogens is 2. The molecule has 9 nitrogen and oxygen atoms in total. The molecule has 0 unspecified atom stereocenters. The Bertz CT molecular complexity index is 1060. The quantitative estimate of drug-likeness (QED) is 0.691. The minimum Gasteiger partial charge on any atom is -0.493 e. The molecule has 1 aromatic carbocycles. The SMILES string of the molecule is Cc1cc(N2CCOCC2)nc(N2CCN(S(=O)(=O)c3ccc4c(c3)CCO4)CC2)n1. The van der Waals surface area contributed by atoms with Crippen molar-refractivity contribution in [2.24, 2.45) is 0 Å². The Morgan fingerprint density at radius 1 is 0.903 bits per heavy atom.